The third-order valence-electron chi connectivity index (χ3n) is 2.52. The maximum atomic E-state index is 13.0. The first-order chi connectivity index (χ1) is 7.66. The number of rotatable bonds is 3. The molecular weight excluding hydrogens is 277 g/mol. The Balaban J connectivity index is 2.03. The highest BCUT2D eigenvalue weighted by Crippen LogP contribution is 2.33. The van der Waals surface area contributed by atoms with Gasteiger partial charge in [-0.2, -0.15) is 0 Å². The van der Waals surface area contributed by atoms with Gasteiger partial charge in [0, 0.05) is 18.6 Å². The predicted molar refractivity (Wildman–Crippen MR) is 62.9 cm³/mol. The van der Waals surface area contributed by atoms with Crippen LogP contribution in [0, 0.1) is 11.7 Å². The van der Waals surface area contributed by atoms with Crippen LogP contribution in [0.2, 0.25) is 0 Å². The van der Waals surface area contributed by atoms with Gasteiger partial charge < -0.3 is 15.2 Å². The van der Waals surface area contributed by atoms with Gasteiger partial charge in [-0.1, -0.05) is 0 Å². The monoisotopic (exact) mass is 289 g/mol. The molecule has 2 N–H and O–H groups in total. The molecule has 0 aromatic heterocycles. The Bertz CT molecular complexity index is 357. The zero-order chi connectivity index (χ0) is 11.5. The van der Waals surface area contributed by atoms with E-state index in [2.05, 4.69) is 15.9 Å². The fraction of sp³-hybridized carbons (Fsp3) is 0.455. The molecule has 3 nitrogen and oxygen atoms in total. The third kappa shape index (κ3) is 2.65. The van der Waals surface area contributed by atoms with E-state index < -0.39 is 0 Å². The van der Waals surface area contributed by atoms with Crippen LogP contribution >= 0.6 is 15.9 Å². The molecule has 88 valence electrons. The van der Waals surface area contributed by atoms with Gasteiger partial charge in [-0.25, -0.2) is 4.39 Å². The van der Waals surface area contributed by atoms with E-state index in [0.717, 1.165) is 19.6 Å². The van der Waals surface area contributed by atoms with Crippen molar-refractivity contribution in [3.63, 3.8) is 0 Å². The Kier molecular flexibility index (Phi) is 3.66. The number of halogens is 2. The van der Waals surface area contributed by atoms with Crippen molar-refractivity contribution in [3.05, 3.63) is 22.4 Å². The molecule has 1 unspecified atom stereocenters. The molecule has 5 heteroatoms. The molecule has 1 aromatic rings. The summed E-state index contributed by atoms with van der Waals surface area (Å²) in [6, 6.07) is 2.60. The van der Waals surface area contributed by atoms with Crippen molar-refractivity contribution in [1.29, 1.82) is 0 Å². The van der Waals surface area contributed by atoms with Gasteiger partial charge in [-0.3, -0.25) is 0 Å². The van der Waals surface area contributed by atoms with Crippen LogP contribution in [-0.2, 0) is 4.74 Å². The highest BCUT2D eigenvalue weighted by atomic mass is 79.9. The van der Waals surface area contributed by atoms with Crippen molar-refractivity contribution < 1.29 is 13.9 Å². The van der Waals surface area contributed by atoms with E-state index in [1.165, 1.54) is 12.1 Å². The van der Waals surface area contributed by atoms with Gasteiger partial charge in [0.1, 0.15) is 5.82 Å². The summed E-state index contributed by atoms with van der Waals surface area (Å²) in [7, 11) is 0. The summed E-state index contributed by atoms with van der Waals surface area (Å²) in [5.74, 6) is 0.533. The van der Waals surface area contributed by atoms with Gasteiger partial charge in [-0.15, -0.1) is 0 Å². The Morgan fingerprint density at radius 3 is 3.00 bits per heavy atom. The summed E-state index contributed by atoms with van der Waals surface area (Å²) >= 11 is 3.23. The molecule has 0 radical (unpaired) electrons. The maximum absolute atomic E-state index is 13.0. The largest absolute Gasteiger partial charge is 0.490 e. The van der Waals surface area contributed by atoms with Crippen molar-refractivity contribution in [2.75, 3.05) is 25.6 Å². The quantitative estimate of drug-likeness (QED) is 0.870. The minimum Gasteiger partial charge on any atom is -0.490 e. The van der Waals surface area contributed by atoms with E-state index in [4.69, 9.17) is 15.2 Å². The van der Waals surface area contributed by atoms with Crippen molar-refractivity contribution in [2.45, 2.75) is 6.42 Å². The topological polar surface area (TPSA) is 44.5 Å². The Hall–Kier alpha value is -0.810. The number of nitrogens with two attached hydrogens (primary N) is 1. The molecule has 1 aliphatic heterocycles. The van der Waals surface area contributed by atoms with Crippen LogP contribution in [0.5, 0.6) is 5.75 Å². The molecule has 1 aliphatic rings. The summed E-state index contributed by atoms with van der Waals surface area (Å²) in [6.45, 7) is 2.06. The summed E-state index contributed by atoms with van der Waals surface area (Å²) < 4.78 is 24.3. The van der Waals surface area contributed by atoms with Gasteiger partial charge in [0.15, 0.2) is 5.75 Å². The molecule has 1 atom stereocenters. The summed E-state index contributed by atoms with van der Waals surface area (Å²) in [5, 5.41) is 0. The first kappa shape index (κ1) is 11.7. The van der Waals surface area contributed by atoms with Crippen LogP contribution in [0.3, 0.4) is 0 Å². The van der Waals surface area contributed by atoms with Crippen LogP contribution in [0.15, 0.2) is 16.6 Å². The molecule has 16 heavy (non-hydrogen) atoms. The van der Waals surface area contributed by atoms with Crippen molar-refractivity contribution in [3.8, 4) is 5.75 Å². The highest BCUT2D eigenvalue weighted by molar-refractivity contribution is 9.10. The second-order valence-corrected chi connectivity index (χ2v) is 4.70. The number of nitrogen functional groups attached to an aromatic ring is 1. The van der Waals surface area contributed by atoms with E-state index in [1.807, 2.05) is 0 Å². The number of hydrogen-bond donors (Lipinski definition) is 1. The number of benzene rings is 1. The molecule has 0 aliphatic carbocycles. The summed E-state index contributed by atoms with van der Waals surface area (Å²) in [6.07, 6.45) is 0.999. The Morgan fingerprint density at radius 2 is 2.38 bits per heavy atom. The Morgan fingerprint density at radius 1 is 1.56 bits per heavy atom. The molecule has 0 bridgehead atoms. The zero-order valence-corrected chi connectivity index (χ0v) is 10.3. The average Bonchev–Trinajstić information content (AvgIpc) is 2.68. The van der Waals surface area contributed by atoms with E-state index in [1.54, 1.807) is 0 Å². The van der Waals surface area contributed by atoms with E-state index in [9.17, 15) is 4.39 Å². The third-order valence-corrected chi connectivity index (χ3v) is 3.11. The van der Waals surface area contributed by atoms with Crippen LogP contribution in [0.4, 0.5) is 10.1 Å². The molecule has 0 saturated carbocycles. The minimum absolute atomic E-state index is 0.311. The standard InChI is InChI=1S/C11H13BrFNO2/c12-9-3-8(13)4-10(14)11(9)16-6-7-1-2-15-5-7/h3-4,7H,1-2,5-6,14H2. The van der Waals surface area contributed by atoms with Gasteiger partial charge in [-0.05, 0) is 28.4 Å². The van der Waals surface area contributed by atoms with Gasteiger partial charge in [0.2, 0.25) is 0 Å². The van der Waals surface area contributed by atoms with Crippen LogP contribution in [-0.4, -0.2) is 19.8 Å². The zero-order valence-electron chi connectivity index (χ0n) is 8.71. The van der Waals surface area contributed by atoms with Gasteiger partial charge in [0.25, 0.3) is 0 Å². The number of ether oxygens (including phenoxy) is 2. The molecule has 1 aromatic carbocycles. The van der Waals surface area contributed by atoms with Crippen molar-refractivity contribution in [1.82, 2.24) is 0 Å². The molecular formula is C11H13BrFNO2. The fourth-order valence-electron chi connectivity index (χ4n) is 1.65. The maximum Gasteiger partial charge on any atom is 0.156 e. The first-order valence-electron chi connectivity index (χ1n) is 5.12. The summed E-state index contributed by atoms with van der Waals surface area (Å²) in [4.78, 5) is 0. The smallest absolute Gasteiger partial charge is 0.156 e. The second-order valence-electron chi connectivity index (χ2n) is 3.85. The molecule has 1 fully saturated rings. The van der Waals surface area contributed by atoms with Crippen LogP contribution in [0.1, 0.15) is 6.42 Å². The second kappa shape index (κ2) is 5.01. The molecule has 1 saturated heterocycles. The fourth-order valence-corrected chi connectivity index (χ4v) is 2.21. The van der Waals surface area contributed by atoms with Gasteiger partial charge >= 0.3 is 0 Å². The van der Waals surface area contributed by atoms with Crippen LogP contribution in [0.25, 0.3) is 0 Å². The Labute approximate surface area is 102 Å². The number of anilines is 1. The lowest BCUT2D eigenvalue weighted by molar-refractivity contribution is 0.167. The van der Waals surface area contributed by atoms with Crippen molar-refractivity contribution in [2.24, 2.45) is 5.92 Å². The minimum atomic E-state index is -0.374. The SMILES string of the molecule is Nc1cc(F)cc(Br)c1OCC1CCOC1. The predicted octanol–water partition coefficient (Wildman–Crippen LogP) is 2.59. The first-order valence-corrected chi connectivity index (χ1v) is 5.91. The normalized spacial score (nSPS) is 20.0. The average molecular weight is 290 g/mol. The lowest BCUT2D eigenvalue weighted by atomic mass is 10.1. The molecule has 1 heterocycles. The lowest BCUT2D eigenvalue weighted by Crippen LogP contribution is -2.12. The van der Waals surface area contributed by atoms with E-state index in [-0.39, 0.29) is 5.82 Å². The highest BCUT2D eigenvalue weighted by Gasteiger charge is 2.17. The van der Waals surface area contributed by atoms with E-state index >= 15 is 0 Å². The number of hydrogen-bond acceptors (Lipinski definition) is 3. The van der Waals surface area contributed by atoms with Gasteiger partial charge in [0.05, 0.1) is 23.4 Å². The van der Waals surface area contributed by atoms with Crippen molar-refractivity contribution >= 4 is 21.6 Å². The molecule has 2 rings (SSSR count). The van der Waals surface area contributed by atoms with E-state index in [0.29, 0.717) is 28.4 Å². The lowest BCUT2D eigenvalue weighted by Gasteiger charge is -2.13. The summed E-state index contributed by atoms with van der Waals surface area (Å²) in [5.41, 5.74) is 5.99. The molecule has 0 spiro atoms. The molecule has 0 amide bonds. The van der Waals surface area contributed by atoms with Crippen LogP contribution < -0.4 is 10.5 Å².